The van der Waals surface area contributed by atoms with E-state index in [-0.39, 0.29) is 23.3 Å². The van der Waals surface area contributed by atoms with Crippen LogP contribution in [0.25, 0.3) is 5.76 Å². The maximum absolute atomic E-state index is 11.5. The number of rotatable bonds is 5. The van der Waals surface area contributed by atoms with Crippen LogP contribution in [0.2, 0.25) is 0 Å². The number of hydrogen-bond donors (Lipinski definition) is 8. The van der Waals surface area contributed by atoms with Crippen LogP contribution in [0.3, 0.4) is 0 Å². The van der Waals surface area contributed by atoms with Gasteiger partial charge >= 0.3 is 5.97 Å². The quantitative estimate of drug-likeness (QED) is 0.257. The van der Waals surface area contributed by atoms with E-state index >= 15 is 0 Å². The molecular formula is C18H22O12. The Kier molecular flexibility index (Phi) is 6.08. The molecule has 1 aliphatic heterocycles. The van der Waals surface area contributed by atoms with Gasteiger partial charge in [0.1, 0.15) is 36.1 Å². The first-order valence-electron chi connectivity index (χ1n) is 8.87. The number of methoxy groups -OCH3 is 1. The summed E-state index contributed by atoms with van der Waals surface area (Å²) in [7, 11) is 1.15. The number of aliphatic hydroxyl groups excluding tert-OH is 6. The summed E-state index contributed by atoms with van der Waals surface area (Å²) in [6.07, 6.45) is -9.99. The second-order valence-corrected chi connectivity index (χ2v) is 6.89. The van der Waals surface area contributed by atoms with Gasteiger partial charge in [0.25, 0.3) is 0 Å². The number of fused-ring (bicyclic) bond motifs is 1. The Hall–Kier alpha value is -2.61. The van der Waals surface area contributed by atoms with E-state index in [0.717, 1.165) is 13.2 Å². The van der Waals surface area contributed by atoms with Gasteiger partial charge in [-0.15, -0.1) is 0 Å². The van der Waals surface area contributed by atoms with Crippen LogP contribution in [0, 0.1) is 0 Å². The van der Waals surface area contributed by atoms with Crippen LogP contribution in [0.5, 0.6) is 11.5 Å². The van der Waals surface area contributed by atoms with Crippen molar-refractivity contribution >= 4 is 11.7 Å². The van der Waals surface area contributed by atoms with E-state index in [2.05, 4.69) is 0 Å². The Balaban J connectivity index is 2.02. The molecule has 30 heavy (non-hydrogen) atoms. The second kappa shape index (κ2) is 8.26. The van der Waals surface area contributed by atoms with Crippen molar-refractivity contribution in [1.29, 1.82) is 0 Å². The third-order valence-electron chi connectivity index (χ3n) is 5.07. The molecule has 1 heterocycles. The molecule has 0 bridgehead atoms. The van der Waals surface area contributed by atoms with E-state index < -0.39 is 72.2 Å². The Bertz CT molecular complexity index is 863. The van der Waals surface area contributed by atoms with Crippen molar-refractivity contribution in [1.82, 2.24) is 0 Å². The minimum absolute atomic E-state index is 0.00278. The Labute approximate surface area is 169 Å². The average Bonchev–Trinajstić information content (AvgIpc) is 2.71. The van der Waals surface area contributed by atoms with E-state index in [1.54, 1.807) is 0 Å². The Morgan fingerprint density at radius 1 is 1.17 bits per heavy atom. The molecule has 1 aromatic carbocycles. The molecule has 2 aliphatic rings. The molecule has 8 N–H and O–H groups in total. The van der Waals surface area contributed by atoms with Crippen molar-refractivity contribution in [2.75, 3.05) is 13.7 Å². The standard InChI is InChI=1S/C18H22O12/c1-28-15-7(17(26)27)2-5-6(10(15)21)3-8(20)16(11(5)22)30-18-14(25)13(24)12(23)9(4-19)29-18/h2,8-9,12-14,18-25H,3-4H2,1H3,(H,26,27). The first-order valence-corrected chi connectivity index (χ1v) is 8.87. The third-order valence-corrected chi connectivity index (χ3v) is 5.07. The smallest absolute Gasteiger partial charge is 0.339 e. The zero-order valence-electron chi connectivity index (χ0n) is 15.7. The van der Waals surface area contributed by atoms with Crippen LogP contribution in [0.15, 0.2) is 11.8 Å². The molecular weight excluding hydrogens is 408 g/mol. The Morgan fingerprint density at radius 2 is 1.83 bits per heavy atom. The lowest BCUT2D eigenvalue weighted by Crippen LogP contribution is -2.59. The highest BCUT2D eigenvalue weighted by atomic mass is 16.7. The van der Waals surface area contributed by atoms with E-state index in [1.165, 1.54) is 0 Å². The van der Waals surface area contributed by atoms with E-state index in [0.29, 0.717) is 0 Å². The molecule has 0 spiro atoms. The van der Waals surface area contributed by atoms with Crippen molar-refractivity contribution in [3.8, 4) is 11.5 Å². The highest BCUT2D eigenvalue weighted by Crippen LogP contribution is 2.43. The molecule has 0 aromatic heterocycles. The minimum atomic E-state index is -1.80. The number of aromatic carboxylic acids is 1. The summed E-state index contributed by atoms with van der Waals surface area (Å²) in [5.41, 5.74) is -0.609. The number of benzene rings is 1. The SMILES string of the molecule is COc1c(C(=O)O)cc2c(c1O)CC(O)C(OC1OC(CO)C(O)C(O)C1O)=C2O. The number of carboxylic acids is 1. The van der Waals surface area contributed by atoms with Crippen LogP contribution in [0.1, 0.15) is 21.5 Å². The van der Waals surface area contributed by atoms with Crippen molar-refractivity contribution in [2.45, 2.75) is 43.2 Å². The first kappa shape index (κ1) is 22.1. The molecule has 0 amide bonds. The summed E-state index contributed by atoms with van der Waals surface area (Å²) in [6, 6.07) is 1.02. The lowest BCUT2D eigenvalue weighted by atomic mass is 9.89. The molecule has 12 heteroatoms. The lowest BCUT2D eigenvalue weighted by Gasteiger charge is -2.40. The van der Waals surface area contributed by atoms with Crippen LogP contribution in [-0.2, 0) is 15.9 Å². The van der Waals surface area contributed by atoms with E-state index in [4.69, 9.17) is 14.2 Å². The zero-order valence-corrected chi connectivity index (χ0v) is 15.7. The fourth-order valence-electron chi connectivity index (χ4n) is 3.47. The van der Waals surface area contributed by atoms with Crippen LogP contribution < -0.4 is 4.74 Å². The van der Waals surface area contributed by atoms with E-state index in [1.807, 2.05) is 0 Å². The van der Waals surface area contributed by atoms with Crippen LogP contribution in [0.4, 0.5) is 0 Å². The second-order valence-electron chi connectivity index (χ2n) is 6.89. The van der Waals surface area contributed by atoms with Gasteiger partial charge in [-0.1, -0.05) is 0 Å². The van der Waals surface area contributed by atoms with Crippen molar-refractivity contribution in [3.63, 3.8) is 0 Å². The maximum Gasteiger partial charge on any atom is 0.339 e. The number of phenolic OH excluding ortho intramolecular Hbond substituents is 1. The van der Waals surface area contributed by atoms with Gasteiger partial charge in [-0.3, -0.25) is 0 Å². The predicted molar refractivity (Wildman–Crippen MR) is 95.7 cm³/mol. The summed E-state index contributed by atoms with van der Waals surface area (Å²) in [4.78, 5) is 11.5. The van der Waals surface area contributed by atoms with Gasteiger partial charge in [0.15, 0.2) is 23.0 Å². The number of phenols is 1. The highest BCUT2D eigenvalue weighted by molar-refractivity contribution is 5.94. The van der Waals surface area contributed by atoms with Crippen LogP contribution >= 0.6 is 0 Å². The van der Waals surface area contributed by atoms with Crippen LogP contribution in [-0.4, -0.2) is 97.3 Å². The van der Waals surface area contributed by atoms with E-state index in [9.17, 15) is 45.6 Å². The number of aliphatic hydroxyl groups is 6. The molecule has 6 atom stereocenters. The van der Waals surface area contributed by atoms with Crippen molar-refractivity contribution in [2.24, 2.45) is 0 Å². The third kappa shape index (κ3) is 3.53. The maximum atomic E-state index is 11.5. The molecule has 6 unspecified atom stereocenters. The fourth-order valence-corrected chi connectivity index (χ4v) is 3.47. The van der Waals surface area contributed by atoms with Gasteiger partial charge in [-0.2, -0.15) is 0 Å². The highest BCUT2D eigenvalue weighted by Gasteiger charge is 2.46. The molecule has 1 aliphatic carbocycles. The predicted octanol–water partition coefficient (Wildman–Crippen LogP) is -1.94. The molecule has 1 saturated heterocycles. The summed E-state index contributed by atoms with van der Waals surface area (Å²) < 4.78 is 15.4. The topological polar surface area (TPSA) is 207 Å². The Morgan fingerprint density at radius 3 is 2.40 bits per heavy atom. The molecule has 166 valence electrons. The molecule has 1 fully saturated rings. The molecule has 0 radical (unpaired) electrons. The summed E-state index contributed by atoms with van der Waals surface area (Å²) in [6.45, 7) is -0.711. The summed E-state index contributed by atoms with van der Waals surface area (Å²) in [5.74, 6) is -3.63. The number of carbonyl (C=O) groups is 1. The fraction of sp³-hybridized carbons (Fsp3) is 0.500. The molecule has 3 rings (SSSR count). The summed E-state index contributed by atoms with van der Waals surface area (Å²) in [5, 5.41) is 79.7. The molecule has 0 saturated carbocycles. The first-order chi connectivity index (χ1) is 14.1. The average molecular weight is 430 g/mol. The normalized spacial score (nSPS) is 31.3. The zero-order chi connectivity index (χ0) is 22.3. The largest absolute Gasteiger partial charge is 0.504 e. The van der Waals surface area contributed by atoms with Crippen molar-refractivity contribution in [3.05, 3.63) is 28.5 Å². The number of hydrogen-bond acceptors (Lipinski definition) is 11. The molecule has 12 nitrogen and oxygen atoms in total. The number of carboxylic acid groups (broad SMARTS) is 1. The number of aromatic hydroxyl groups is 1. The number of ether oxygens (including phenoxy) is 3. The summed E-state index contributed by atoms with van der Waals surface area (Å²) >= 11 is 0. The minimum Gasteiger partial charge on any atom is -0.504 e. The van der Waals surface area contributed by atoms with Crippen molar-refractivity contribution < 1.29 is 59.9 Å². The van der Waals surface area contributed by atoms with Gasteiger partial charge < -0.3 is 55.1 Å². The van der Waals surface area contributed by atoms with Gasteiger partial charge in [0.05, 0.1) is 13.7 Å². The molecule has 1 aromatic rings. The van der Waals surface area contributed by atoms with Gasteiger partial charge in [0.2, 0.25) is 6.29 Å². The van der Waals surface area contributed by atoms with Gasteiger partial charge in [-0.25, -0.2) is 4.79 Å². The van der Waals surface area contributed by atoms with Gasteiger partial charge in [-0.05, 0) is 6.07 Å². The lowest BCUT2D eigenvalue weighted by molar-refractivity contribution is -0.294. The monoisotopic (exact) mass is 430 g/mol. The van der Waals surface area contributed by atoms with Gasteiger partial charge in [0, 0.05) is 17.5 Å².